The molecule has 1 aromatic rings. The van der Waals surface area contributed by atoms with Crippen LogP contribution in [0.25, 0.3) is 5.57 Å². The number of nitro groups is 1. The molecule has 0 saturated heterocycles. The second-order valence-corrected chi connectivity index (χ2v) is 5.40. The largest absolute Gasteiger partial charge is 0.335 e. The first-order valence-electron chi connectivity index (χ1n) is 7.91. The van der Waals surface area contributed by atoms with Crippen LogP contribution in [0.15, 0.2) is 60.3 Å². The maximum atomic E-state index is 11.4. The number of nitro benzene ring substituents is 1. The number of hydrogen-bond acceptors (Lipinski definition) is 5. The summed E-state index contributed by atoms with van der Waals surface area (Å²) in [7, 11) is 0. The van der Waals surface area contributed by atoms with Gasteiger partial charge in [0.15, 0.2) is 0 Å². The van der Waals surface area contributed by atoms with Crippen molar-refractivity contribution in [3.63, 3.8) is 0 Å². The number of carbonyl (C=O) groups is 1. The van der Waals surface area contributed by atoms with E-state index in [-0.39, 0.29) is 11.7 Å². The summed E-state index contributed by atoms with van der Waals surface area (Å²) < 4.78 is 0. The number of unbranched alkanes of at least 4 members (excludes halogenated alkanes) is 1. The van der Waals surface area contributed by atoms with Crippen molar-refractivity contribution in [1.82, 2.24) is 0 Å². The fourth-order valence-electron chi connectivity index (χ4n) is 1.86. The topological polar surface area (TPSA) is 81.8 Å². The Morgan fingerprint density at radius 1 is 1.32 bits per heavy atom. The number of oxime groups is 1. The molecule has 0 unspecified atom stereocenters. The minimum absolute atomic E-state index is 0.0157. The highest BCUT2D eigenvalue weighted by Crippen LogP contribution is 2.25. The van der Waals surface area contributed by atoms with Gasteiger partial charge in [0.1, 0.15) is 0 Å². The van der Waals surface area contributed by atoms with Crippen molar-refractivity contribution in [3.05, 3.63) is 70.8 Å². The first-order valence-corrected chi connectivity index (χ1v) is 7.91. The Bertz CT molecular complexity index is 733. The molecule has 6 nitrogen and oxygen atoms in total. The summed E-state index contributed by atoms with van der Waals surface area (Å²) in [6.07, 6.45) is 5.22. The highest BCUT2D eigenvalue weighted by atomic mass is 16.7. The Morgan fingerprint density at radius 2 is 2.00 bits per heavy atom. The Labute approximate surface area is 147 Å². The van der Waals surface area contributed by atoms with Gasteiger partial charge in [0.05, 0.1) is 16.2 Å². The Morgan fingerprint density at radius 3 is 2.64 bits per heavy atom. The minimum atomic E-state index is -0.453. The van der Waals surface area contributed by atoms with Crippen molar-refractivity contribution in [2.24, 2.45) is 5.16 Å². The van der Waals surface area contributed by atoms with Gasteiger partial charge >= 0.3 is 5.97 Å². The van der Waals surface area contributed by atoms with Gasteiger partial charge in [-0.2, -0.15) is 0 Å². The van der Waals surface area contributed by atoms with Gasteiger partial charge in [0.2, 0.25) is 0 Å². The van der Waals surface area contributed by atoms with Crippen LogP contribution in [-0.2, 0) is 9.63 Å². The zero-order chi connectivity index (χ0) is 18.8. The van der Waals surface area contributed by atoms with E-state index in [2.05, 4.69) is 18.3 Å². The van der Waals surface area contributed by atoms with Crippen LogP contribution in [0.4, 0.5) is 5.69 Å². The molecule has 132 valence electrons. The number of hydrogen-bond donors (Lipinski definition) is 0. The molecule has 0 radical (unpaired) electrons. The summed E-state index contributed by atoms with van der Waals surface area (Å²) in [5.74, 6) is -0.387. The summed E-state index contributed by atoms with van der Waals surface area (Å²) in [5, 5.41) is 14.8. The monoisotopic (exact) mass is 342 g/mol. The quantitative estimate of drug-likeness (QED) is 0.212. The van der Waals surface area contributed by atoms with E-state index in [1.54, 1.807) is 37.3 Å². The molecule has 0 aromatic heterocycles. The first-order chi connectivity index (χ1) is 11.9. The molecular weight excluding hydrogens is 320 g/mol. The summed E-state index contributed by atoms with van der Waals surface area (Å²) in [5.41, 5.74) is 1.84. The molecule has 0 aliphatic rings. The van der Waals surface area contributed by atoms with Gasteiger partial charge in [0.25, 0.3) is 5.69 Å². The van der Waals surface area contributed by atoms with Gasteiger partial charge in [-0.3, -0.25) is 10.1 Å². The van der Waals surface area contributed by atoms with Crippen LogP contribution in [-0.4, -0.2) is 16.6 Å². The van der Waals surface area contributed by atoms with Crippen LogP contribution in [0, 0.1) is 10.1 Å². The number of carbonyl (C=O) groups excluding carboxylic acids is 1. The van der Waals surface area contributed by atoms with Gasteiger partial charge < -0.3 is 4.84 Å². The molecule has 0 N–H and O–H groups in total. The average Bonchev–Trinajstić information content (AvgIpc) is 2.61. The molecule has 6 heteroatoms. The van der Waals surface area contributed by atoms with Crippen molar-refractivity contribution >= 4 is 22.9 Å². The van der Waals surface area contributed by atoms with E-state index in [1.165, 1.54) is 6.07 Å². The molecule has 0 saturated carbocycles. The molecule has 0 aliphatic heterocycles. The predicted octanol–water partition coefficient (Wildman–Crippen LogP) is 4.83. The number of rotatable bonds is 9. The van der Waals surface area contributed by atoms with Gasteiger partial charge in [-0.25, -0.2) is 4.79 Å². The molecular formula is C19H22N2O4. The standard InChI is InChI=1S/C19H22N2O4/c1-5-6-11-19(22)25-20-16(4)14(2)12-13-15(3)17-9-7-8-10-18(17)21(23)24/h7-10,12-13H,2-3,5-6,11H2,1,4H3/b13-12-,20-16+. The summed E-state index contributed by atoms with van der Waals surface area (Å²) in [4.78, 5) is 26.8. The molecule has 0 bridgehead atoms. The van der Waals surface area contributed by atoms with E-state index in [1.807, 2.05) is 6.92 Å². The van der Waals surface area contributed by atoms with Gasteiger partial charge in [0, 0.05) is 12.5 Å². The summed E-state index contributed by atoms with van der Waals surface area (Å²) in [6, 6.07) is 6.36. The van der Waals surface area contributed by atoms with E-state index < -0.39 is 4.92 Å². The lowest BCUT2D eigenvalue weighted by Gasteiger charge is -2.03. The lowest BCUT2D eigenvalue weighted by Crippen LogP contribution is -2.02. The fraction of sp³-hybridized carbons (Fsp3) is 0.263. The summed E-state index contributed by atoms with van der Waals surface area (Å²) in [6.45, 7) is 11.3. The highest BCUT2D eigenvalue weighted by Gasteiger charge is 2.13. The van der Waals surface area contributed by atoms with Crippen molar-refractivity contribution in [2.75, 3.05) is 0 Å². The third-order valence-corrected chi connectivity index (χ3v) is 3.42. The summed E-state index contributed by atoms with van der Waals surface area (Å²) >= 11 is 0. The molecule has 1 aromatic carbocycles. The van der Waals surface area contributed by atoms with Crippen molar-refractivity contribution in [3.8, 4) is 0 Å². The number of benzene rings is 1. The Hall–Kier alpha value is -3.02. The lowest BCUT2D eigenvalue weighted by molar-refractivity contribution is -0.385. The molecule has 0 fully saturated rings. The maximum absolute atomic E-state index is 11.4. The van der Waals surface area contributed by atoms with Crippen LogP contribution in [0.3, 0.4) is 0 Å². The van der Waals surface area contributed by atoms with E-state index in [4.69, 9.17) is 4.84 Å². The smallest absolute Gasteiger partial charge is 0.318 e. The second kappa shape index (κ2) is 9.97. The van der Waals surface area contributed by atoms with Crippen LogP contribution in [0.2, 0.25) is 0 Å². The van der Waals surface area contributed by atoms with Gasteiger partial charge in [-0.05, 0) is 30.6 Å². The Balaban J connectivity index is 2.74. The van der Waals surface area contributed by atoms with E-state index in [0.717, 1.165) is 12.8 Å². The fourth-order valence-corrected chi connectivity index (χ4v) is 1.86. The zero-order valence-electron chi connectivity index (χ0n) is 14.5. The first kappa shape index (κ1) is 20.0. The number of para-hydroxylation sites is 1. The zero-order valence-corrected chi connectivity index (χ0v) is 14.5. The molecule has 0 heterocycles. The van der Waals surface area contributed by atoms with Gasteiger partial charge in [-0.15, -0.1) is 0 Å². The third kappa shape index (κ3) is 6.55. The van der Waals surface area contributed by atoms with Crippen LogP contribution in [0.5, 0.6) is 0 Å². The predicted molar refractivity (Wildman–Crippen MR) is 99.1 cm³/mol. The molecule has 0 spiro atoms. The van der Waals surface area contributed by atoms with E-state index in [9.17, 15) is 14.9 Å². The van der Waals surface area contributed by atoms with Gasteiger partial charge in [-0.1, -0.05) is 55.9 Å². The number of allylic oxidation sites excluding steroid dienone is 4. The number of nitrogens with zero attached hydrogens (tertiary/aromatic N) is 2. The normalized spacial score (nSPS) is 11.4. The van der Waals surface area contributed by atoms with Crippen molar-refractivity contribution < 1.29 is 14.6 Å². The molecule has 25 heavy (non-hydrogen) atoms. The van der Waals surface area contributed by atoms with Crippen LogP contribution in [0.1, 0.15) is 38.7 Å². The van der Waals surface area contributed by atoms with Crippen molar-refractivity contribution in [1.29, 1.82) is 0 Å². The maximum Gasteiger partial charge on any atom is 0.335 e. The molecule has 0 aliphatic carbocycles. The lowest BCUT2D eigenvalue weighted by atomic mass is 10.0. The SMILES string of the molecule is C=C(/C=C\C(=C)c1ccccc1[N+](=O)[O-])/C(C)=N/OC(=O)CCCC. The molecule has 1 rings (SSSR count). The molecule has 0 amide bonds. The van der Waals surface area contributed by atoms with Crippen LogP contribution < -0.4 is 0 Å². The van der Waals surface area contributed by atoms with E-state index >= 15 is 0 Å². The average molecular weight is 342 g/mol. The Kier molecular flexibility index (Phi) is 7.99. The van der Waals surface area contributed by atoms with Crippen LogP contribution >= 0.6 is 0 Å². The van der Waals surface area contributed by atoms with Crippen molar-refractivity contribution in [2.45, 2.75) is 33.1 Å². The second-order valence-electron chi connectivity index (χ2n) is 5.40. The minimum Gasteiger partial charge on any atom is -0.318 e. The molecule has 0 atom stereocenters. The van der Waals surface area contributed by atoms with E-state index in [0.29, 0.717) is 28.8 Å². The highest BCUT2D eigenvalue weighted by molar-refractivity contribution is 6.00. The third-order valence-electron chi connectivity index (χ3n) is 3.42.